The van der Waals surface area contributed by atoms with Gasteiger partial charge >= 0.3 is 11.8 Å². The maximum atomic E-state index is 12.4. The van der Waals surface area contributed by atoms with Crippen LogP contribution in [0.25, 0.3) is 0 Å². The Kier molecular flexibility index (Phi) is 5.69. The second-order valence-corrected chi connectivity index (χ2v) is 7.05. The number of nitrogens with one attached hydrogen (secondary N) is 1. The third-order valence-corrected chi connectivity index (χ3v) is 4.84. The van der Waals surface area contributed by atoms with E-state index in [1.54, 1.807) is 23.1 Å². The van der Waals surface area contributed by atoms with Crippen LogP contribution in [0.4, 0.5) is 11.4 Å². The van der Waals surface area contributed by atoms with Gasteiger partial charge < -0.3 is 15.1 Å². The lowest BCUT2D eigenvalue weighted by molar-refractivity contribution is -0.143. The predicted octanol–water partition coefficient (Wildman–Crippen LogP) is 3.59. The van der Waals surface area contributed by atoms with Crippen LogP contribution in [0, 0.1) is 6.92 Å². The zero-order chi connectivity index (χ0) is 18.7. The smallest absolute Gasteiger partial charge is 0.313 e. The van der Waals surface area contributed by atoms with Crippen molar-refractivity contribution in [3.8, 4) is 0 Å². The van der Waals surface area contributed by atoms with Crippen LogP contribution in [-0.4, -0.2) is 42.9 Å². The number of hydrogen-bond acceptors (Lipinski definition) is 3. The number of aryl methyl sites for hydroxylation is 1. The van der Waals surface area contributed by atoms with Crippen LogP contribution in [0.5, 0.6) is 0 Å². The molecule has 1 saturated heterocycles. The van der Waals surface area contributed by atoms with Crippen LogP contribution >= 0.6 is 23.2 Å². The first-order valence-corrected chi connectivity index (χ1v) is 9.06. The van der Waals surface area contributed by atoms with E-state index in [0.717, 1.165) is 11.3 Å². The fraction of sp³-hybridized carbons (Fsp3) is 0.263. The highest BCUT2D eigenvalue weighted by molar-refractivity contribution is 6.39. The Balaban J connectivity index is 1.58. The highest BCUT2D eigenvalue weighted by atomic mass is 35.5. The van der Waals surface area contributed by atoms with Gasteiger partial charge in [-0.2, -0.15) is 0 Å². The number of carbonyl (C=O) groups excluding carboxylic acids is 2. The molecule has 0 aliphatic carbocycles. The van der Waals surface area contributed by atoms with Crippen molar-refractivity contribution >= 4 is 46.4 Å². The molecule has 0 radical (unpaired) electrons. The van der Waals surface area contributed by atoms with E-state index in [2.05, 4.69) is 10.2 Å². The van der Waals surface area contributed by atoms with Crippen LogP contribution in [0.2, 0.25) is 10.0 Å². The molecule has 0 atom stereocenters. The Hall–Kier alpha value is -2.24. The molecule has 7 heteroatoms. The van der Waals surface area contributed by atoms with Crippen LogP contribution < -0.4 is 10.2 Å². The van der Waals surface area contributed by atoms with E-state index < -0.39 is 11.8 Å². The van der Waals surface area contributed by atoms with Gasteiger partial charge in [-0.05, 0) is 48.9 Å². The summed E-state index contributed by atoms with van der Waals surface area (Å²) in [6.07, 6.45) is 0. The second kappa shape index (κ2) is 7.98. The molecule has 1 N–H and O–H groups in total. The molecule has 0 bridgehead atoms. The lowest BCUT2D eigenvalue weighted by Gasteiger charge is -2.35. The maximum absolute atomic E-state index is 12.4. The van der Waals surface area contributed by atoms with Crippen molar-refractivity contribution in [3.05, 3.63) is 58.1 Å². The predicted molar refractivity (Wildman–Crippen MR) is 105 cm³/mol. The van der Waals surface area contributed by atoms with Crippen molar-refractivity contribution in [2.24, 2.45) is 0 Å². The standard InChI is InChI=1S/C19H19Cl2N3O2/c1-13-11-15(21)5-6-17(13)22-18(25)19(26)24-9-7-23(8-10-24)16-4-2-3-14(20)12-16/h2-6,11-12H,7-10H2,1H3,(H,22,25). The molecular formula is C19H19Cl2N3O2. The van der Waals surface area contributed by atoms with E-state index in [1.807, 2.05) is 31.2 Å². The van der Waals surface area contributed by atoms with Crippen molar-refractivity contribution < 1.29 is 9.59 Å². The van der Waals surface area contributed by atoms with Crippen LogP contribution in [-0.2, 0) is 9.59 Å². The minimum absolute atomic E-state index is 0.484. The zero-order valence-electron chi connectivity index (χ0n) is 14.3. The number of benzene rings is 2. The highest BCUT2D eigenvalue weighted by Crippen LogP contribution is 2.22. The number of halogens is 2. The molecule has 3 rings (SSSR count). The van der Waals surface area contributed by atoms with Crippen molar-refractivity contribution in [2.75, 3.05) is 36.4 Å². The van der Waals surface area contributed by atoms with Crippen LogP contribution in [0.1, 0.15) is 5.56 Å². The summed E-state index contributed by atoms with van der Waals surface area (Å²) in [6.45, 7) is 4.10. The molecule has 1 heterocycles. The number of amides is 2. The lowest BCUT2D eigenvalue weighted by atomic mass is 10.2. The minimum Gasteiger partial charge on any atom is -0.368 e. The first-order chi connectivity index (χ1) is 12.4. The Labute approximate surface area is 162 Å². The van der Waals surface area contributed by atoms with Crippen LogP contribution in [0.15, 0.2) is 42.5 Å². The molecule has 1 aliphatic heterocycles. The fourth-order valence-electron chi connectivity index (χ4n) is 2.93. The van der Waals surface area contributed by atoms with Gasteiger partial charge in [-0.15, -0.1) is 0 Å². The van der Waals surface area contributed by atoms with Gasteiger partial charge in [0.25, 0.3) is 0 Å². The first kappa shape index (κ1) is 18.5. The molecular weight excluding hydrogens is 373 g/mol. The number of nitrogens with zero attached hydrogens (tertiary/aromatic N) is 2. The van der Waals surface area contributed by atoms with Gasteiger partial charge in [0.2, 0.25) is 0 Å². The summed E-state index contributed by atoms with van der Waals surface area (Å²) < 4.78 is 0. The summed E-state index contributed by atoms with van der Waals surface area (Å²) in [5.41, 5.74) is 2.42. The van der Waals surface area contributed by atoms with Gasteiger partial charge in [0, 0.05) is 47.6 Å². The molecule has 1 fully saturated rings. The normalized spacial score (nSPS) is 14.3. The summed E-state index contributed by atoms with van der Waals surface area (Å²) in [5.74, 6) is -1.16. The summed E-state index contributed by atoms with van der Waals surface area (Å²) in [4.78, 5) is 28.4. The summed E-state index contributed by atoms with van der Waals surface area (Å²) >= 11 is 11.9. The number of hydrogen-bond donors (Lipinski definition) is 1. The molecule has 2 aromatic rings. The molecule has 0 saturated carbocycles. The molecule has 2 aromatic carbocycles. The van der Waals surface area contributed by atoms with Gasteiger partial charge in [0.15, 0.2) is 0 Å². The Morgan fingerprint density at radius 1 is 0.962 bits per heavy atom. The van der Waals surface area contributed by atoms with E-state index in [0.29, 0.717) is 41.9 Å². The van der Waals surface area contributed by atoms with Gasteiger partial charge in [0.05, 0.1) is 0 Å². The molecule has 0 aromatic heterocycles. The Morgan fingerprint density at radius 3 is 2.31 bits per heavy atom. The molecule has 1 aliphatic rings. The van der Waals surface area contributed by atoms with Crippen LogP contribution in [0.3, 0.4) is 0 Å². The van der Waals surface area contributed by atoms with E-state index in [4.69, 9.17) is 23.2 Å². The Morgan fingerprint density at radius 2 is 1.65 bits per heavy atom. The van der Waals surface area contributed by atoms with Crippen molar-refractivity contribution in [3.63, 3.8) is 0 Å². The second-order valence-electron chi connectivity index (χ2n) is 6.17. The van der Waals surface area contributed by atoms with Crippen molar-refractivity contribution in [1.29, 1.82) is 0 Å². The van der Waals surface area contributed by atoms with Gasteiger partial charge in [-0.1, -0.05) is 29.3 Å². The summed E-state index contributed by atoms with van der Waals surface area (Å²) in [6, 6.07) is 12.7. The van der Waals surface area contributed by atoms with Gasteiger partial charge in [-0.25, -0.2) is 0 Å². The average molecular weight is 392 g/mol. The molecule has 0 spiro atoms. The fourth-order valence-corrected chi connectivity index (χ4v) is 3.34. The van der Waals surface area contributed by atoms with E-state index in [9.17, 15) is 9.59 Å². The third kappa shape index (κ3) is 4.29. The van der Waals surface area contributed by atoms with Crippen molar-refractivity contribution in [1.82, 2.24) is 4.90 Å². The number of rotatable bonds is 2. The van der Waals surface area contributed by atoms with Crippen molar-refractivity contribution in [2.45, 2.75) is 6.92 Å². The number of carbonyl (C=O) groups is 2. The largest absolute Gasteiger partial charge is 0.368 e. The third-order valence-electron chi connectivity index (χ3n) is 4.37. The van der Waals surface area contributed by atoms with E-state index in [-0.39, 0.29) is 0 Å². The van der Waals surface area contributed by atoms with E-state index >= 15 is 0 Å². The summed E-state index contributed by atoms with van der Waals surface area (Å²) in [7, 11) is 0. The van der Waals surface area contributed by atoms with E-state index in [1.165, 1.54) is 0 Å². The molecule has 0 unspecified atom stereocenters. The first-order valence-electron chi connectivity index (χ1n) is 8.31. The monoisotopic (exact) mass is 391 g/mol. The number of piperazine rings is 1. The van der Waals surface area contributed by atoms with Gasteiger partial charge in [-0.3, -0.25) is 9.59 Å². The highest BCUT2D eigenvalue weighted by Gasteiger charge is 2.26. The molecule has 2 amide bonds. The maximum Gasteiger partial charge on any atom is 0.313 e. The van der Waals surface area contributed by atoms with Gasteiger partial charge in [0.1, 0.15) is 0 Å². The Bertz CT molecular complexity index is 833. The molecule has 136 valence electrons. The average Bonchev–Trinajstić information content (AvgIpc) is 2.63. The quantitative estimate of drug-likeness (QED) is 0.795. The summed E-state index contributed by atoms with van der Waals surface area (Å²) in [5, 5.41) is 3.93. The molecule has 26 heavy (non-hydrogen) atoms. The topological polar surface area (TPSA) is 52.7 Å². The molecule has 5 nitrogen and oxygen atoms in total. The number of anilines is 2. The lowest BCUT2D eigenvalue weighted by Crippen LogP contribution is -2.51. The zero-order valence-corrected chi connectivity index (χ0v) is 15.8. The minimum atomic E-state index is -0.633. The SMILES string of the molecule is Cc1cc(Cl)ccc1NC(=O)C(=O)N1CCN(c2cccc(Cl)c2)CC1.